The molecule has 7 heteroatoms. The van der Waals surface area contributed by atoms with Crippen molar-refractivity contribution in [1.29, 1.82) is 0 Å². The molecule has 0 saturated heterocycles. The minimum absolute atomic E-state index is 0.0135. The first-order valence-corrected chi connectivity index (χ1v) is 10.5. The Morgan fingerprint density at radius 3 is 2.17 bits per heavy atom. The lowest BCUT2D eigenvalue weighted by Gasteiger charge is -2.31. The van der Waals surface area contributed by atoms with Gasteiger partial charge >= 0.3 is 0 Å². The number of rotatable bonds is 10. The highest BCUT2D eigenvalue weighted by molar-refractivity contribution is 6.33. The Labute approximate surface area is 182 Å². The van der Waals surface area contributed by atoms with Gasteiger partial charge in [0.05, 0.1) is 16.6 Å². The maximum absolute atomic E-state index is 12.3. The number of likely N-dealkylation sites (N-methyl/N-ethyl adjacent to an activating group) is 1. The third kappa shape index (κ3) is 6.74. The van der Waals surface area contributed by atoms with Gasteiger partial charge in [-0.05, 0) is 36.9 Å². The highest BCUT2D eigenvalue weighted by Crippen LogP contribution is 2.27. The lowest BCUT2D eigenvalue weighted by atomic mass is 10.0. The molecular formula is C22H27Cl2N3O2. The molecule has 0 aliphatic heterocycles. The number of carbonyl (C=O) groups is 2. The van der Waals surface area contributed by atoms with Gasteiger partial charge in [0, 0.05) is 24.5 Å². The molecule has 0 aromatic heterocycles. The number of nitrogens with one attached hydrogen (secondary N) is 2. The van der Waals surface area contributed by atoms with E-state index >= 15 is 0 Å². The summed E-state index contributed by atoms with van der Waals surface area (Å²) in [5.74, 6) is -0.422. The van der Waals surface area contributed by atoms with Crippen LogP contribution >= 0.6 is 23.2 Å². The van der Waals surface area contributed by atoms with Crippen molar-refractivity contribution in [3.05, 3.63) is 69.7 Å². The molecule has 156 valence electrons. The number of hydrogen-bond donors (Lipinski definition) is 2. The highest BCUT2D eigenvalue weighted by atomic mass is 35.5. The second kappa shape index (κ2) is 11.8. The summed E-state index contributed by atoms with van der Waals surface area (Å²) in [6, 6.07) is 14.5. The van der Waals surface area contributed by atoms with E-state index in [9.17, 15) is 9.59 Å². The van der Waals surface area contributed by atoms with E-state index in [2.05, 4.69) is 29.4 Å². The van der Waals surface area contributed by atoms with Crippen LogP contribution in [0.5, 0.6) is 0 Å². The van der Waals surface area contributed by atoms with E-state index < -0.39 is 0 Å². The van der Waals surface area contributed by atoms with Gasteiger partial charge < -0.3 is 10.6 Å². The average molecular weight is 436 g/mol. The lowest BCUT2D eigenvalue weighted by Crippen LogP contribution is -2.39. The number of benzene rings is 2. The summed E-state index contributed by atoms with van der Waals surface area (Å²) in [6.45, 7) is 6.53. The minimum Gasteiger partial charge on any atom is -0.354 e. The van der Waals surface area contributed by atoms with E-state index in [1.54, 1.807) is 24.3 Å². The summed E-state index contributed by atoms with van der Waals surface area (Å²) in [5, 5.41) is 6.77. The molecule has 1 atom stereocenters. The second-order valence-corrected chi connectivity index (χ2v) is 7.36. The predicted molar refractivity (Wildman–Crippen MR) is 119 cm³/mol. The van der Waals surface area contributed by atoms with Crippen molar-refractivity contribution in [1.82, 2.24) is 15.5 Å². The van der Waals surface area contributed by atoms with Gasteiger partial charge in [-0.15, -0.1) is 0 Å². The molecule has 0 spiro atoms. The minimum atomic E-state index is -0.291. The summed E-state index contributed by atoms with van der Waals surface area (Å²) < 4.78 is 0. The first kappa shape index (κ1) is 23.2. The predicted octanol–water partition coefficient (Wildman–Crippen LogP) is 4.31. The Morgan fingerprint density at radius 1 is 0.931 bits per heavy atom. The number of nitrogens with zero attached hydrogens (tertiary/aromatic N) is 1. The van der Waals surface area contributed by atoms with Crippen LogP contribution in [0.3, 0.4) is 0 Å². The largest absolute Gasteiger partial charge is 0.354 e. The van der Waals surface area contributed by atoms with Crippen molar-refractivity contribution >= 4 is 35.0 Å². The molecule has 1 unspecified atom stereocenters. The van der Waals surface area contributed by atoms with Crippen LogP contribution in [0, 0.1) is 0 Å². The second-order valence-electron chi connectivity index (χ2n) is 6.55. The van der Waals surface area contributed by atoms with E-state index in [-0.39, 0.29) is 30.8 Å². The molecular weight excluding hydrogens is 409 g/mol. The quantitative estimate of drug-likeness (QED) is 0.584. The van der Waals surface area contributed by atoms with Crippen molar-refractivity contribution in [3.8, 4) is 0 Å². The Hall–Kier alpha value is -2.08. The highest BCUT2D eigenvalue weighted by Gasteiger charge is 2.21. The molecule has 2 aromatic rings. The summed E-state index contributed by atoms with van der Waals surface area (Å²) in [5.41, 5.74) is 1.39. The Kier molecular flexibility index (Phi) is 9.45. The Morgan fingerprint density at radius 2 is 1.55 bits per heavy atom. The SMILES string of the molecule is CCN(CC)C(CNC(=O)CCNC(=O)c1ccccc1Cl)c1ccccc1Cl. The molecule has 0 radical (unpaired) electrons. The van der Waals surface area contributed by atoms with Crippen LogP contribution in [0.4, 0.5) is 0 Å². The summed E-state index contributed by atoms with van der Waals surface area (Å²) in [4.78, 5) is 26.7. The number of carbonyl (C=O) groups excluding carboxylic acids is 2. The lowest BCUT2D eigenvalue weighted by molar-refractivity contribution is -0.121. The van der Waals surface area contributed by atoms with E-state index in [1.165, 1.54) is 0 Å². The van der Waals surface area contributed by atoms with Gasteiger partial charge in [0.15, 0.2) is 0 Å². The summed E-state index contributed by atoms with van der Waals surface area (Å²) >= 11 is 12.4. The van der Waals surface area contributed by atoms with Crippen LogP contribution in [0.15, 0.2) is 48.5 Å². The van der Waals surface area contributed by atoms with Crippen LogP contribution in [0.2, 0.25) is 10.0 Å². The van der Waals surface area contributed by atoms with E-state index in [0.29, 0.717) is 22.2 Å². The van der Waals surface area contributed by atoms with E-state index in [0.717, 1.165) is 18.7 Å². The van der Waals surface area contributed by atoms with Gasteiger partial charge in [-0.2, -0.15) is 0 Å². The van der Waals surface area contributed by atoms with Crippen molar-refractivity contribution in [3.63, 3.8) is 0 Å². The zero-order valence-corrected chi connectivity index (χ0v) is 18.3. The molecule has 0 fully saturated rings. The molecule has 2 amide bonds. The molecule has 0 aliphatic carbocycles. The monoisotopic (exact) mass is 435 g/mol. The van der Waals surface area contributed by atoms with Crippen molar-refractivity contribution in [2.45, 2.75) is 26.3 Å². The zero-order chi connectivity index (χ0) is 21.2. The third-order valence-electron chi connectivity index (χ3n) is 4.77. The van der Waals surface area contributed by atoms with Crippen LogP contribution in [0.25, 0.3) is 0 Å². The van der Waals surface area contributed by atoms with Crippen LogP contribution in [0.1, 0.15) is 42.2 Å². The number of halogens is 2. The number of amides is 2. The average Bonchev–Trinajstić information content (AvgIpc) is 2.72. The maximum Gasteiger partial charge on any atom is 0.252 e. The van der Waals surface area contributed by atoms with Gasteiger partial charge in [-0.3, -0.25) is 14.5 Å². The molecule has 2 rings (SSSR count). The smallest absolute Gasteiger partial charge is 0.252 e. The zero-order valence-electron chi connectivity index (χ0n) is 16.8. The van der Waals surface area contributed by atoms with Gasteiger partial charge in [0.1, 0.15) is 0 Å². The van der Waals surface area contributed by atoms with Crippen molar-refractivity contribution in [2.24, 2.45) is 0 Å². The molecule has 0 heterocycles. The maximum atomic E-state index is 12.3. The Balaban J connectivity index is 1.89. The third-order valence-corrected chi connectivity index (χ3v) is 5.44. The molecule has 0 bridgehead atoms. The molecule has 0 aliphatic rings. The fourth-order valence-electron chi connectivity index (χ4n) is 3.17. The number of hydrogen-bond acceptors (Lipinski definition) is 3. The van der Waals surface area contributed by atoms with Gasteiger partial charge in [0.25, 0.3) is 5.91 Å². The van der Waals surface area contributed by atoms with Crippen LogP contribution in [-0.2, 0) is 4.79 Å². The van der Waals surface area contributed by atoms with Gasteiger partial charge in [0.2, 0.25) is 5.91 Å². The topological polar surface area (TPSA) is 61.4 Å². The van der Waals surface area contributed by atoms with Gasteiger partial charge in [-0.25, -0.2) is 0 Å². The van der Waals surface area contributed by atoms with E-state index in [4.69, 9.17) is 23.2 Å². The van der Waals surface area contributed by atoms with E-state index in [1.807, 2.05) is 24.3 Å². The summed E-state index contributed by atoms with van der Waals surface area (Å²) in [7, 11) is 0. The standard InChI is InChI=1S/C22H27Cl2N3O2/c1-3-27(4-2)20(16-9-5-7-11-18(16)23)15-26-21(28)13-14-25-22(29)17-10-6-8-12-19(17)24/h5-12,20H,3-4,13-15H2,1-2H3,(H,25,29)(H,26,28). The first-order chi connectivity index (χ1) is 14.0. The van der Waals surface area contributed by atoms with Crippen molar-refractivity contribution in [2.75, 3.05) is 26.2 Å². The molecule has 2 aromatic carbocycles. The molecule has 2 N–H and O–H groups in total. The van der Waals surface area contributed by atoms with Crippen molar-refractivity contribution < 1.29 is 9.59 Å². The summed E-state index contributed by atoms with van der Waals surface area (Å²) in [6.07, 6.45) is 0.184. The van der Waals surface area contributed by atoms with Crippen LogP contribution < -0.4 is 10.6 Å². The fourth-order valence-corrected chi connectivity index (χ4v) is 3.66. The van der Waals surface area contributed by atoms with Crippen LogP contribution in [-0.4, -0.2) is 42.9 Å². The normalized spacial score (nSPS) is 11.9. The Bertz CT molecular complexity index is 825. The molecule has 0 saturated carbocycles. The first-order valence-electron chi connectivity index (χ1n) is 9.75. The molecule has 5 nitrogen and oxygen atoms in total. The fraction of sp³-hybridized carbons (Fsp3) is 0.364. The molecule has 29 heavy (non-hydrogen) atoms. The van der Waals surface area contributed by atoms with Gasteiger partial charge in [-0.1, -0.05) is 67.4 Å².